The molecule has 0 fully saturated rings. The summed E-state index contributed by atoms with van der Waals surface area (Å²) >= 11 is 6.25. The summed E-state index contributed by atoms with van der Waals surface area (Å²) in [5.41, 5.74) is 5.62. The van der Waals surface area contributed by atoms with E-state index < -0.39 is 0 Å². The number of para-hydroxylation sites is 1. The second-order valence-electron chi connectivity index (χ2n) is 7.22. The topological polar surface area (TPSA) is 41.4 Å². The van der Waals surface area contributed by atoms with E-state index in [1.54, 1.807) is 0 Å². The van der Waals surface area contributed by atoms with Gasteiger partial charge in [0.2, 0.25) is 0 Å². The normalized spacial score (nSPS) is 14.0. The SMILES string of the molecule is Cc1nn(-c2ccc(C(=O)N3CCN(C)c4ccccc4C3)cc2)c(C)c1Cl. The number of hydrogen-bond donors (Lipinski definition) is 0. The third-order valence-electron chi connectivity index (χ3n) is 5.32. The Morgan fingerprint density at radius 1 is 1.04 bits per heavy atom. The number of benzene rings is 2. The van der Waals surface area contributed by atoms with E-state index in [0.29, 0.717) is 23.7 Å². The van der Waals surface area contributed by atoms with Crippen molar-refractivity contribution in [1.29, 1.82) is 0 Å². The molecule has 3 aromatic rings. The van der Waals surface area contributed by atoms with Gasteiger partial charge in [0.1, 0.15) is 0 Å². The number of carbonyl (C=O) groups excluding carboxylic acids is 1. The Labute approximate surface area is 170 Å². The Morgan fingerprint density at radius 3 is 2.43 bits per heavy atom. The van der Waals surface area contributed by atoms with Crippen LogP contribution < -0.4 is 4.90 Å². The first-order valence-corrected chi connectivity index (χ1v) is 9.74. The molecular weight excluding hydrogens is 372 g/mol. The molecule has 1 aromatic heterocycles. The summed E-state index contributed by atoms with van der Waals surface area (Å²) in [6.07, 6.45) is 0. The van der Waals surface area contributed by atoms with Gasteiger partial charge in [-0.2, -0.15) is 5.10 Å². The number of aryl methyl sites for hydroxylation is 1. The average molecular weight is 395 g/mol. The van der Waals surface area contributed by atoms with Gasteiger partial charge in [0.15, 0.2) is 0 Å². The van der Waals surface area contributed by atoms with E-state index in [0.717, 1.165) is 23.6 Å². The van der Waals surface area contributed by atoms with Gasteiger partial charge in [-0.15, -0.1) is 0 Å². The summed E-state index contributed by atoms with van der Waals surface area (Å²) in [6.45, 7) is 5.95. The van der Waals surface area contributed by atoms with Gasteiger partial charge in [0.05, 0.1) is 22.1 Å². The van der Waals surface area contributed by atoms with E-state index in [1.165, 1.54) is 11.3 Å². The smallest absolute Gasteiger partial charge is 0.254 e. The zero-order chi connectivity index (χ0) is 19.8. The van der Waals surface area contributed by atoms with Crippen LogP contribution in [-0.4, -0.2) is 40.7 Å². The lowest BCUT2D eigenvalue weighted by molar-refractivity contribution is 0.0752. The Kier molecular flexibility index (Phi) is 4.85. The maximum Gasteiger partial charge on any atom is 0.254 e. The maximum absolute atomic E-state index is 13.1. The van der Waals surface area contributed by atoms with Crippen LogP contribution in [0.2, 0.25) is 5.02 Å². The Balaban J connectivity index is 1.58. The number of aromatic nitrogens is 2. The molecule has 1 aliphatic rings. The molecule has 6 heteroatoms. The Morgan fingerprint density at radius 2 is 1.75 bits per heavy atom. The van der Waals surface area contributed by atoms with E-state index in [1.807, 2.05) is 59.8 Å². The first-order chi connectivity index (χ1) is 13.5. The van der Waals surface area contributed by atoms with Crippen molar-refractivity contribution in [1.82, 2.24) is 14.7 Å². The van der Waals surface area contributed by atoms with Crippen molar-refractivity contribution < 1.29 is 4.79 Å². The zero-order valence-corrected chi connectivity index (χ0v) is 17.1. The van der Waals surface area contributed by atoms with Gasteiger partial charge >= 0.3 is 0 Å². The number of nitrogens with zero attached hydrogens (tertiary/aromatic N) is 4. The third kappa shape index (κ3) is 3.27. The van der Waals surface area contributed by atoms with Gasteiger partial charge < -0.3 is 9.80 Å². The molecule has 0 aliphatic carbocycles. The van der Waals surface area contributed by atoms with Crippen molar-refractivity contribution in [2.24, 2.45) is 0 Å². The number of fused-ring (bicyclic) bond motifs is 1. The van der Waals surface area contributed by atoms with Crippen LogP contribution >= 0.6 is 11.6 Å². The molecule has 0 N–H and O–H groups in total. The molecule has 0 saturated heterocycles. The van der Waals surface area contributed by atoms with Gasteiger partial charge in [0, 0.05) is 37.9 Å². The van der Waals surface area contributed by atoms with E-state index in [4.69, 9.17) is 11.6 Å². The van der Waals surface area contributed by atoms with Gasteiger partial charge in [-0.1, -0.05) is 29.8 Å². The molecule has 1 amide bonds. The van der Waals surface area contributed by atoms with Crippen molar-refractivity contribution in [2.75, 3.05) is 25.0 Å². The molecule has 2 aromatic carbocycles. The van der Waals surface area contributed by atoms with E-state index in [9.17, 15) is 4.79 Å². The van der Waals surface area contributed by atoms with Gasteiger partial charge in [-0.3, -0.25) is 4.79 Å². The first kappa shape index (κ1) is 18.6. The Bertz CT molecular complexity index is 1030. The number of likely N-dealkylation sites (N-methyl/N-ethyl adjacent to an activating group) is 1. The number of anilines is 1. The maximum atomic E-state index is 13.1. The van der Waals surface area contributed by atoms with E-state index in [2.05, 4.69) is 29.2 Å². The van der Waals surface area contributed by atoms with Crippen molar-refractivity contribution in [3.8, 4) is 5.69 Å². The van der Waals surface area contributed by atoms with Crippen LogP contribution in [0, 0.1) is 13.8 Å². The number of carbonyl (C=O) groups is 1. The molecule has 5 nitrogen and oxygen atoms in total. The lowest BCUT2D eigenvalue weighted by Crippen LogP contribution is -2.34. The largest absolute Gasteiger partial charge is 0.373 e. The lowest BCUT2D eigenvalue weighted by Gasteiger charge is -2.21. The second-order valence-corrected chi connectivity index (χ2v) is 7.60. The van der Waals surface area contributed by atoms with Crippen LogP contribution in [0.4, 0.5) is 5.69 Å². The summed E-state index contributed by atoms with van der Waals surface area (Å²) in [5, 5.41) is 5.15. The second kappa shape index (κ2) is 7.32. The molecule has 0 atom stereocenters. The summed E-state index contributed by atoms with van der Waals surface area (Å²) in [4.78, 5) is 17.2. The molecule has 4 rings (SSSR count). The average Bonchev–Trinajstić information content (AvgIpc) is 2.88. The fraction of sp³-hybridized carbons (Fsp3) is 0.273. The predicted octanol–water partition coefficient (Wildman–Crippen LogP) is 4.23. The standard InChI is InChI=1S/C22H23ClN4O/c1-15-21(23)16(2)27(24-15)19-10-8-17(9-11-19)22(28)26-13-12-25(3)20-7-5-4-6-18(20)14-26/h4-11H,12-14H2,1-3H3. The number of rotatable bonds is 2. The van der Waals surface area contributed by atoms with Crippen LogP contribution in [0.3, 0.4) is 0 Å². The quantitative estimate of drug-likeness (QED) is 0.653. The van der Waals surface area contributed by atoms with Crippen molar-refractivity contribution in [2.45, 2.75) is 20.4 Å². The monoisotopic (exact) mass is 394 g/mol. The van der Waals surface area contributed by atoms with Crippen molar-refractivity contribution in [3.05, 3.63) is 76.1 Å². The van der Waals surface area contributed by atoms with Crippen molar-refractivity contribution >= 4 is 23.2 Å². The minimum absolute atomic E-state index is 0.0445. The molecule has 28 heavy (non-hydrogen) atoms. The van der Waals surface area contributed by atoms with Gasteiger partial charge in [-0.05, 0) is 49.7 Å². The van der Waals surface area contributed by atoms with Crippen LogP contribution in [0.1, 0.15) is 27.3 Å². The molecular formula is C22H23ClN4O. The number of halogens is 1. The molecule has 0 radical (unpaired) electrons. The highest BCUT2D eigenvalue weighted by Crippen LogP contribution is 2.25. The number of hydrogen-bond acceptors (Lipinski definition) is 3. The van der Waals surface area contributed by atoms with Gasteiger partial charge in [0.25, 0.3) is 5.91 Å². The zero-order valence-electron chi connectivity index (χ0n) is 16.3. The highest BCUT2D eigenvalue weighted by atomic mass is 35.5. The van der Waals surface area contributed by atoms with E-state index >= 15 is 0 Å². The molecule has 0 unspecified atom stereocenters. The van der Waals surface area contributed by atoms with Crippen LogP contribution in [0.25, 0.3) is 5.69 Å². The third-order valence-corrected chi connectivity index (χ3v) is 5.87. The lowest BCUT2D eigenvalue weighted by atomic mass is 10.1. The summed E-state index contributed by atoms with van der Waals surface area (Å²) in [6, 6.07) is 15.8. The summed E-state index contributed by atoms with van der Waals surface area (Å²) in [7, 11) is 2.07. The van der Waals surface area contributed by atoms with Crippen LogP contribution in [0.5, 0.6) is 0 Å². The van der Waals surface area contributed by atoms with Crippen LogP contribution in [0.15, 0.2) is 48.5 Å². The summed E-state index contributed by atoms with van der Waals surface area (Å²) < 4.78 is 1.81. The van der Waals surface area contributed by atoms with E-state index in [-0.39, 0.29) is 5.91 Å². The fourth-order valence-electron chi connectivity index (χ4n) is 3.67. The van der Waals surface area contributed by atoms with Crippen molar-refractivity contribution in [3.63, 3.8) is 0 Å². The molecule has 2 heterocycles. The Hall–Kier alpha value is -2.79. The minimum Gasteiger partial charge on any atom is -0.373 e. The fourth-order valence-corrected chi connectivity index (χ4v) is 3.79. The molecule has 0 spiro atoms. The summed E-state index contributed by atoms with van der Waals surface area (Å²) in [5.74, 6) is 0.0445. The highest BCUT2D eigenvalue weighted by Gasteiger charge is 2.22. The predicted molar refractivity (Wildman–Crippen MR) is 113 cm³/mol. The van der Waals surface area contributed by atoms with Gasteiger partial charge in [-0.25, -0.2) is 4.68 Å². The van der Waals surface area contributed by atoms with Crippen LogP contribution in [-0.2, 0) is 6.54 Å². The molecule has 144 valence electrons. The molecule has 0 bridgehead atoms. The number of amides is 1. The highest BCUT2D eigenvalue weighted by molar-refractivity contribution is 6.31. The molecule has 1 aliphatic heterocycles. The molecule has 0 saturated carbocycles. The minimum atomic E-state index is 0.0445. The first-order valence-electron chi connectivity index (χ1n) is 9.36.